The highest BCUT2D eigenvalue weighted by atomic mass is 35.5. The Morgan fingerprint density at radius 2 is 1.83 bits per heavy atom. The summed E-state index contributed by atoms with van der Waals surface area (Å²) in [5, 5.41) is 4.17. The molecule has 0 aliphatic heterocycles. The SMILES string of the molecule is CC(C)c1ccc(C(=O)Nc2nc3c(Cl)c(Cl)ccc3s2)cc1. The third-order valence-electron chi connectivity index (χ3n) is 3.51. The van der Waals surface area contributed by atoms with Crippen molar-refractivity contribution in [3.05, 3.63) is 57.6 Å². The summed E-state index contributed by atoms with van der Waals surface area (Å²) in [7, 11) is 0. The van der Waals surface area contributed by atoms with Crippen LogP contribution in [-0.4, -0.2) is 10.9 Å². The molecule has 2 aromatic carbocycles. The van der Waals surface area contributed by atoms with Gasteiger partial charge in [0, 0.05) is 5.56 Å². The zero-order chi connectivity index (χ0) is 16.6. The number of benzene rings is 2. The van der Waals surface area contributed by atoms with Gasteiger partial charge in [0.2, 0.25) is 0 Å². The second kappa shape index (κ2) is 6.48. The number of halogens is 2. The predicted octanol–water partition coefficient (Wildman–Crippen LogP) is 5.98. The number of amides is 1. The number of carbonyl (C=O) groups excluding carboxylic acids is 1. The molecule has 1 N–H and O–H groups in total. The predicted molar refractivity (Wildman–Crippen MR) is 98.1 cm³/mol. The minimum absolute atomic E-state index is 0.193. The van der Waals surface area contributed by atoms with E-state index in [0.717, 1.165) is 4.70 Å². The van der Waals surface area contributed by atoms with Crippen LogP contribution < -0.4 is 5.32 Å². The van der Waals surface area contributed by atoms with E-state index < -0.39 is 0 Å². The summed E-state index contributed by atoms with van der Waals surface area (Å²) >= 11 is 13.5. The molecule has 6 heteroatoms. The summed E-state index contributed by atoms with van der Waals surface area (Å²) in [6, 6.07) is 11.1. The first-order valence-electron chi connectivity index (χ1n) is 7.11. The molecule has 3 aromatic rings. The van der Waals surface area contributed by atoms with Crippen LogP contribution in [0.15, 0.2) is 36.4 Å². The van der Waals surface area contributed by atoms with Gasteiger partial charge in [-0.3, -0.25) is 10.1 Å². The standard InChI is InChI=1S/C17H14Cl2N2OS/c1-9(2)10-3-5-11(6-4-10)16(22)21-17-20-15-13(23-17)8-7-12(18)14(15)19/h3-9H,1-2H3,(H,20,21,22). The molecule has 1 heterocycles. The monoisotopic (exact) mass is 364 g/mol. The molecule has 0 spiro atoms. The summed E-state index contributed by atoms with van der Waals surface area (Å²) in [4.78, 5) is 16.7. The van der Waals surface area contributed by atoms with Gasteiger partial charge in [-0.1, -0.05) is 60.5 Å². The highest BCUT2D eigenvalue weighted by Crippen LogP contribution is 2.35. The number of rotatable bonds is 3. The zero-order valence-electron chi connectivity index (χ0n) is 12.6. The fourth-order valence-corrected chi connectivity index (χ4v) is 3.46. The first-order chi connectivity index (χ1) is 11.0. The molecule has 0 bridgehead atoms. The number of hydrogen-bond donors (Lipinski definition) is 1. The van der Waals surface area contributed by atoms with Crippen LogP contribution in [0.1, 0.15) is 35.7 Å². The van der Waals surface area contributed by atoms with Crippen LogP contribution in [0.4, 0.5) is 5.13 Å². The number of carbonyl (C=O) groups is 1. The van der Waals surface area contributed by atoms with E-state index in [1.807, 2.05) is 30.3 Å². The lowest BCUT2D eigenvalue weighted by atomic mass is 10.0. The number of aromatic nitrogens is 1. The second-order valence-corrected chi connectivity index (χ2v) is 7.27. The number of hydrogen-bond acceptors (Lipinski definition) is 3. The van der Waals surface area contributed by atoms with E-state index in [9.17, 15) is 4.79 Å². The van der Waals surface area contributed by atoms with Gasteiger partial charge in [0.05, 0.1) is 14.7 Å². The molecule has 23 heavy (non-hydrogen) atoms. The van der Waals surface area contributed by atoms with Gasteiger partial charge in [-0.05, 0) is 35.7 Å². The van der Waals surface area contributed by atoms with E-state index >= 15 is 0 Å². The lowest BCUT2D eigenvalue weighted by Crippen LogP contribution is -2.11. The maximum atomic E-state index is 12.3. The topological polar surface area (TPSA) is 42.0 Å². The first-order valence-corrected chi connectivity index (χ1v) is 8.69. The van der Waals surface area contributed by atoms with E-state index in [-0.39, 0.29) is 5.91 Å². The maximum Gasteiger partial charge on any atom is 0.257 e. The van der Waals surface area contributed by atoms with Gasteiger partial charge in [-0.15, -0.1) is 0 Å². The van der Waals surface area contributed by atoms with Crippen LogP contribution in [0, 0.1) is 0 Å². The Balaban J connectivity index is 1.84. The van der Waals surface area contributed by atoms with Crippen LogP contribution in [0.25, 0.3) is 10.2 Å². The average molecular weight is 365 g/mol. The Bertz CT molecular complexity index is 872. The van der Waals surface area contributed by atoms with Crippen molar-refractivity contribution in [1.82, 2.24) is 4.98 Å². The minimum Gasteiger partial charge on any atom is -0.298 e. The lowest BCUT2D eigenvalue weighted by molar-refractivity contribution is 0.102. The van der Waals surface area contributed by atoms with Crippen molar-refractivity contribution in [3.63, 3.8) is 0 Å². The molecule has 3 rings (SSSR count). The van der Waals surface area contributed by atoms with Gasteiger partial charge in [-0.25, -0.2) is 4.98 Å². The van der Waals surface area contributed by atoms with E-state index in [1.54, 1.807) is 6.07 Å². The first kappa shape index (κ1) is 16.2. The Morgan fingerprint density at radius 1 is 1.13 bits per heavy atom. The molecule has 1 amide bonds. The van der Waals surface area contributed by atoms with Crippen LogP contribution in [0.2, 0.25) is 10.0 Å². The van der Waals surface area contributed by atoms with Crippen molar-refractivity contribution in [2.45, 2.75) is 19.8 Å². The number of nitrogens with one attached hydrogen (secondary N) is 1. The normalized spacial score (nSPS) is 11.2. The summed E-state index contributed by atoms with van der Waals surface area (Å²) in [6.45, 7) is 4.23. The molecule has 0 radical (unpaired) electrons. The van der Waals surface area contributed by atoms with Gasteiger partial charge in [0.15, 0.2) is 5.13 Å². The molecular weight excluding hydrogens is 351 g/mol. The maximum absolute atomic E-state index is 12.3. The van der Waals surface area contributed by atoms with Gasteiger partial charge < -0.3 is 0 Å². The number of fused-ring (bicyclic) bond motifs is 1. The largest absolute Gasteiger partial charge is 0.298 e. The summed E-state index contributed by atoms with van der Waals surface area (Å²) in [6.07, 6.45) is 0. The molecule has 0 aliphatic rings. The molecule has 0 saturated carbocycles. The molecule has 0 unspecified atom stereocenters. The van der Waals surface area contributed by atoms with Gasteiger partial charge in [0.1, 0.15) is 5.52 Å². The van der Waals surface area contributed by atoms with Crippen molar-refractivity contribution in [3.8, 4) is 0 Å². The molecule has 0 aliphatic carbocycles. The third-order valence-corrected chi connectivity index (χ3v) is 5.24. The van der Waals surface area contributed by atoms with Crippen LogP contribution in [0.5, 0.6) is 0 Å². The molecule has 3 nitrogen and oxygen atoms in total. The quantitative estimate of drug-likeness (QED) is 0.620. The Labute approximate surface area is 148 Å². The highest BCUT2D eigenvalue weighted by Gasteiger charge is 2.13. The fourth-order valence-electron chi connectivity index (χ4n) is 2.18. The van der Waals surface area contributed by atoms with E-state index in [2.05, 4.69) is 24.1 Å². The van der Waals surface area contributed by atoms with E-state index in [1.165, 1.54) is 16.9 Å². The molecule has 0 atom stereocenters. The molecule has 118 valence electrons. The molecule has 0 saturated heterocycles. The Kier molecular flexibility index (Phi) is 4.57. The van der Waals surface area contributed by atoms with E-state index in [0.29, 0.717) is 32.2 Å². The van der Waals surface area contributed by atoms with Crippen LogP contribution in [-0.2, 0) is 0 Å². The van der Waals surface area contributed by atoms with Crippen molar-refractivity contribution < 1.29 is 4.79 Å². The second-order valence-electron chi connectivity index (χ2n) is 5.46. The summed E-state index contributed by atoms with van der Waals surface area (Å²) in [5.41, 5.74) is 2.40. The van der Waals surface area contributed by atoms with Gasteiger partial charge in [0.25, 0.3) is 5.91 Å². The Hall–Kier alpha value is -1.62. The van der Waals surface area contributed by atoms with Gasteiger partial charge >= 0.3 is 0 Å². The van der Waals surface area contributed by atoms with Crippen LogP contribution in [0.3, 0.4) is 0 Å². The molecule has 1 aromatic heterocycles. The Morgan fingerprint density at radius 3 is 2.48 bits per heavy atom. The smallest absolute Gasteiger partial charge is 0.257 e. The van der Waals surface area contributed by atoms with Crippen LogP contribution >= 0.6 is 34.5 Å². The minimum atomic E-state index is -0.193. The van der Waals surface area contributed by atoms with Gasteiger partial charge in [-0.2, -0.15) is 0 Å². The average Bonchev–Trinajstić information content (AvgIpc) is 2.94. The van der Waals surface area contributed by atoms with Crippen molar-refractivity contribution in [1.29, 1.82) is 0 Å². The summed E-state index contributed by atoms with van der Waals surface area (Å²) in [5.74, 6) is 0.241. The molecule has 0 fully saturated rings. The third kappa shape index (κ3) is 3.34. The van der Waals surface area contributed by atoms with Crippen molar-refractivity contribution >= 4 is 55.8 Å². The number of nitrogens with zero attached hydrogens (tertiary/aromatic N) is 1. The highest BCUT2D eigenvalue weighted by molar-refractivity contribution is 7.22. The molecular formula is C17H14Cl2N2OS. The summed E-state index contributed by atoms with van der Waals surface area (Å²) < 4.78 is 0.879. The number of anilines is 1. The van der Waals surface area contributed by atoms with Crippen molar-refractivity contribution in [2.75, 3.05) is 5.32 Å². The fraction of sp³-hybridized carbons (Fsp3) is 0.176. The van der Waals surface area contributed by atoms with E-state index in [4.69, 9.17) is 23.2 Å². The zero-order valence-corrected chi connectivity index (χ0v) is 14.9. The number of thiazole rings is 1. The van der Waals surface area contributed by atoms with Crippen molar-refractivity contribution in [2.24, 2.45) is 0 Å². The lowest BCUT2D eigenvalue weighted by Gasteiger charge is -2.06.